The zero-order valence-electron chi connectivity index (χ0n) is 19.0. The van der Waals surface area contributed by atoms with E-state index in [9.17, 15) is 0 Å². The minimum Gasteiger partial charge on any atom is -0.489 e. The third-order valence-electron chi connectivity index (χ3n) is 6.09. The van der Waals surface area contributed by atoms with Crippen LogP contribution in [-0.2, 0) is 11.8 Å². The number of ether oxygens (including phenoxy) is 1. The Labute approximate surface area is 189 Å². The highest BCUT2D eigenvalue weighted by molar-refractivity contribution is 7.49. The SMILES string of the molecule is Cc1ccc(PC(C)(C)c2ccccc2OCc2ccccc2)c(N2CCCCC2)c1. The zero-order valence-corrected chi connectivity index (χ0v) is 20.0. The smallest absolute Gasteiger partial charge is 0.123 e. The molecule has 0 bridgehead atoms. The topological polar surface area (TPSA) is 12.5 Å². The monoisotopic (exact) mass is 431 g/mol. The minimum atomic E-state index is -0.00687. The van der Waals surface area contributed by atoms with Gasteiger partial charge in [0.25, 0.3) is 0 Å². The Bertz CT molecular complexity index is 993. The third kappa shape index (κ3) is 5.49. The van der Waals surface area contributed by atoms with Crippen LogP contribution in [0, 0.1) is 6.92 Å². The second kappa shape index (κ2) is 9.88. The molecule has 0 saturated carbocycles. The van der Waals surface area contributed by atoms with Gasteiger partial charge in [-0.15, -0.1) is 0 Å². The molecule has 2 nitrogen and oxygen atoms in total. The number of para-hydroxylation sites is 1. The van der Waals surface area contributed by atoms with Crippen molar-refractivity contribution in [3.63, 3.8) is 0 Å². The minimum absolute atomic E-state index is 0.00687. The van der Waals surface area contributed by atoms with Crippen LogP contribution in [-0.4, -0.2) is 13.1 Å². The molecule has 1 aliphatic heterocycles. The molecule has 1 heterocycles. The van der Waals surface area contributed by atoms with Crippen LogP contribution < -0.4 is 14.9 Å². The first-order chi connectivity index (χ1) is 15.0. The van der Waals surface area contributed by atoms with Crippen molar-refractivity contribution >= 4 is 19.6 Å². The highest BCUT2D eigenvalue weighted by Crippen LogP contribution is 2.46. The van der Waals surface area contributed by atoms with Crippen LogP contribution in [0.3, 0.4) is 0 Å². The van der Waals surface area contributed by atoms with Gasteiger partial charge in [0.05, 0.1) is 0 Å². The lowest BCUT2D eigenvalue weighted by atomic mass is 10.0. The summed E-state index contributed by atoms with van der Waals surface area (Å²) in [6.07, 6.45) is 3.96. The maximum atomic E-state index is 6.31. The molecule has 3 aromatic rings. The molecule has 0 spiro atoms. The number of benzene rings is 3. The largest absolute Gasteiger partial charge is 0.489 e. The molecule has 0 radical (unpaired) electrons. The first-order valence-electron chi connectivity index (χ1n) is 11.4. The van der Waals surface area contributed by atoms with Gasteiger partial charge >= 0.3 is 0 Å². The van der Waals surface area contributed by atoms with Crippen LogP contribution in [0.25, 0.3) is 0 Å². The number of hydrogen-bond acceptors (Lipinski definition) is 2. The van der Waals surface area contributed by atoms with Crippen molar-refractivity contribution < 1.29 is 4.74 Å². The van der Waals surface area contributed by atoms with E-state index in [2.05, 4.69) is 92.4 Å². The van der Waals surface area contributed by atoms with Crippen molar-refractivity contribution in [3.05, 3.63) is 89.5 Å². The van der Waals surface area contributed by atoms with Crippen LogP contribution in [0.5, 0.6) is 5.75 Å². The predicted octanol–water partition coefficient (Wildman–Crippen LogP) is 6.80. The average molecular weight is 432 g/mol. The summed E-state index contributed by atoms with van der Waals surface area (Å²) in [6.45, 7) is 9.88. The lowest BCUT2D eigenvalue weighted by Crippen LogP contribution is -2.33. The fraction of sp³-hybridized carbons (Fsp3) is 0.357. The quantitative estimate of drug-likeness (QED) is 0.381. The van der Waals surface area contributed by atoms with Crippen molar-refractivity contribution in [2.75, 3.05) is 18.0 Å². The molecular formula is C28H34NOP. The summed E-state index contributed by atoms with van der Waals surface area (Å²) in [5, 5.41) is 1.46. The van der Waals surface area contributed by atoms with Gasteiger partial charge in [0.1, 0.15) is 12.4 Å². The molecule has 4 rings (SSSR count). The van der Waals surface area contributed by atoms with Crippen LogP contribution in [0.1, 0.15) is 49.8 Å². The van der Waals surface area contributed by atoms with Gasteiger partial charge in [0.15, 0.2) is 0 Å². The fourth-order valence-corrected chi connectivity index (χ4v) is 5.93. The van der Waals surface area contributed by atoms with Gasteiger partial charge in [-0.1, -0.05) is 83.1 Å². The molecular weight excluding hydrogens is 397 g/mol. The van der Waals surface area contributed by atoms with Gasteiger partial charge in [0, 0.05) is 29.5 Å². The highest BCUT2D eigenvalue weighted by Gasteiger charge is 2.27. The van der Waals surface area contributed by atoms with E-state index < -0.39 is 0 Å². The Morgan fingerprint density at radius 2 is 1.58 bits per heavy atom. The van der Waals surface area contributed by atoms with Gasteiger partial charge in [-0.05, 0) is 54.8 Å². The molecule has 0 aromatic heterocycles. The first-order valence-corrected chi connectivity index (χ1v) is 12.4. The lowest BCUT2D eigenvalue weighted by Gasteiger charge is -2.34. The zero-order chi connectivity index (χ0) is 21.7. The molecule has 3 aromatic carbocycles. The van der Waals surface area contributed by atoms with Crippen LogP contribution in [0.15, 0.2) is 72.8 Å². The lowest BCUT2D eigenvalue weighted by molar-refractivity contribution is 0.301. The van der Waals surface area contributed by atoms with Gasteiger partial charge in [0.2, 0.25) is 0 Å². The summed E-state index contributed by atoms with van der Waals surface area (Å²) in [6, 6.07) is 26.0. The summed E-state index contributed by atoms with van der Waals surface area (Å²) < 4.78 is 6.31. The Balaban J connectivity index is 1.58. The number of rotatable bonds is 7. The number of nitrogens with zero attached hydrogens (tertiary/aromatic N) is 1. The third-order valence-corrected chi connectivity index (χ3v) is 7.68. The second-order valence-electron chi connectivity index (χ2n) is 9.09. The van der Waals surface area contributed by atoms with E-state index in [-0.39, 0.29) is 5.16 Å². The van der Waals surface area contributed by atoms with Gasteiger partial charge in [-0.25, -0.2) is 0 Å². The maximum absolute atomic E-state index is 6.31. The summed E-state index contributed by atoms with van der Waals surface area (Å²) in [7, 11) is 0.674. The van der Waals surface area contributed by atoms with E-state index in [0.717, 1.165) is 5.75 Å². The van der Waals surface area contributed by atoms with Gasteiger partial charge < -0.3 is 9.64 Å². The van der Waals surface area contributed by atoms with Crippen molar-refractivity contribution in [1.82, 2.24) is 0 Å². The van der Waals surface area contributed by atoms with E-state index in [4.69, 9.17) is 4.74 Å². The molecule has 31 heavy (non-hydrogen) atoms. The van der Waals surface area contributed by atoms with Crippen molar-refractivity contribution in [2.45, 2.75) is 51.8 Å². The van der Waals surface area contributed by atoms with E-state index >= 15 is 0 Å². The van der Waals surface area contributed by atoms with Crippen LogP contribution in [0.2, 0.25) is 0 Å². The van der Waals surface area contributed by atoms with Crippen molar-refractivity contribution in [1.29, 1.82) is 0 Å². The molecule has 3 heteroatoms. The van der Waals surface area contributed by atoms with Crippen LogP contribution >= 0.6 is 8.58 Å². The van der Waals surface area contributed by atoms with E-state index in [0.29, 0.717) is 15.2 Å². The Morgan fingerprint density at radius 1 is 0.871 bits per heavy atom. The van der Waals surface area contributed by atoms with Gasteiger partial charge in [-0.2, -0.15) is 0 Å². The molecule has 1 aliphatic rings. The highest BCUT2D eigenvalue weighted by atomic mass is 31.1. The molecule has 1 saturated heterocycles. The van der Waals surface area contributed by atoms with Crippen LogP contribution in [0.4, 0.5) is 5.69 Å². The molecule has 1 fully saturated rings. The van der Waals surface area contributed by atoms with Crippen molar-refractivity contribution in [3.8, 4) is 5.75 Å². The fourth-order valence-electron chi connectivity index (χ4n) is 4.39. The van der Waals surface area contributed by atoms with E-state index in [1.165, 1.54) is 60.0 Å². The first kappa shape index (κ1) is 21.9. The Morgan fingerprint density at radius 3 is 2.35 bits per heavy atom. The Hall–Kier alpha value is -2.31. The van der Waals surface area contributed by atoms with Crippen molar-refractivity contribution in [2.24, 2.45) is 0 Å². The molecule has 162 valence electrons. The number of aryl methyl sites for hydroxylation is 1. The molecule has 1 unspecified atom stereocenters. The molecule has 0 amide bonds. The molecule has 1 atom stereocenters. The molecule has 0 N–H and O–H groups in total. The number of anilines is 1. The summed E-state index contributed by atoms with van der Waals surface area (Å²) in [5.74, 6) is 0.996. The van der Waals surface area contributed by atoms with E-state index in [1.54, 1.807) is 0 Å². The van der Waals surface area contributed by atoms with E-state index in [1.807, 2.05) is 6.07 Å². The summed E-state index contributed by atoms with van der Waals surface area (Å²) >= 11 is 0. The van der Waals surface area contributed by atoms with Gasteiger partial charge in [-0.3, -0.25) is 0 Å². The average Bonchev–Trinajstić information content (AvgIpc) is 2.80. The summed E-state index contributed by atoms with van der Waals surface area (Å²) in [5.41, 5.74) is 5.27. The normalized spacial score (nSPS) is 14.9. The second-order valence-corrected chi connectivity index (χ2v) is 11.1. The number of hydrogen-bond donors (Lipinski definition) is 0. The maximum Gasteiger partial charge on any atom is 0.123 e. The molecule has 0 aliphatic carbocycles. The summed E-state index contributed by atoms with van der Waals surface area (Å²) in [4.78, 5) is 2.60. The predicted molar refractivity (Wildman–Crippen MR) is 135 cm³/mol. The Kier molecular flexibility index (Phi) is 6.98. The number of piperidine rings is 1. The standard InChI is InChI=1S/C28H34NOP/c1-22-16-17-27(25(20-22)29-18-10-5-11-19-29)31-28(2,3)24-14-8-9-15-26(24)30-21-23-12-6-4-7-13-23/h4,6-9,12-17,20,31H,5,10-11,18-19,21H2,1-3H3.